The second-order valence-corrected chi connectivity index (χ2v) is 3.49. The van der Waals surface area contributed by atoms with E-state index in [-0.39, 0.29) is 24.0 Å². The van der Waals surface area contributed by atoms with E-state index >= 15 is 0 Å². The van der Waals surface area contributed by atoms with Crippen LogP contribution in [-0.4, -0.2) is 39.3 Å². The molecule has 5 heteroatoms. The smallest absolute Gasteiger partial charge is 0.191 e. The minimum Gasteiger partial charge on any atom is -0.381 e. The Labute approximate surface area is 122 Å². The van der Waals surface area contributed by atoms with Crippen LogP contribution in [0.5, 0.6) is 0 Å². The molecule has 0 amide bonds. The number of nitrogens with one attached hydrogen (secondary N) is 2. The Morgan fingerprint density at radius 2 is 2.00 bits per heavy atom. The van der Waals surface area contributed by atoms with Crippen molar-refractivity contribution < 1.29 is 4.74 Å². The van der Waals surface area contributed by atoms with Gasteiger partial charge in [0.1, 0.15) is 0 Å². The first-order chi connectivity index (χ1) is 7.85. The lowest BCUT2D eigenvalue weighted by Crippen LogP contribution is -2.38. The number of aliphatic imine (C=N–C) groups is 1. The lowest BCUT2D eigenvalue weighted by molar-refractivity contribution is 0.129. The molecular formula is C12H26IN3O. The summed E-state index contributed by atoms with van der Waals surface area (Å²) in [5, 5.41) is 6.32. The summed E-state index contributed by atoms with van der Waals surface area (Å²) in [5.74, 6) is 0.813. The molecule has 0 aliphatic rings. The van der Waals surface area contributed by atoms with E-state index in [1.807, 2.05) is 0 Å². The lowest BCUT2D eigenvalue weighted by Gasteiger charge is -2.10. The summed E-state index contributed by atoms with van der Waals surface area (Å²) in [6.45, 7) is 9.10. The zero-order valence-corrected chi connectivity index (χ0v) is 13.3. The molecule has 0 fully saturated rings. The zero-order valence-electron chi connectivity index (χ0n) is 11.0. The fourth-order valence-corrected chi connectivity index (χ4v) is 1.12. The third kappa shape index (κ3) is 13.6. The van der Waals surface area contributed by atoms with Gasteiger partial charge in [0.25, 0.3) is 0 Å². The van der Waals surface area contributed by atoms with Crippen LogP contribution < -0.4 is 10.6 Å². The summed E-state index contributed by atoms with van der Waals surface area (Å²) < 4.78 is 5.45. The molecule has 17 heavy (non-hydrogen) atoms. The highest BCUT2D eigenvalue weighted by molar-refractivity contribution is 14.0. The Morgan fingerprint density at radius 1 is 1.29 bits per heavy atom. The molecule has 0 bridgehead atoms. The largest absolute Gasteiger partial charge is 0.381 e. The molecule has 0 saturated heterocycles. The number of unbranched alkanes of at least 4 members (excludes halogenated alkanes) is 1. The molecule has 0 aliphatic heterocycles. The summed E-state index contributed by atoms with van der Waals surface area (Å²) in [6, 6.07) is 0. The molecule has 102 valence electrons. The average Bonchev–Trinajstić information content (AvgIpc) is 2.32. The maximum Gasteiger partial charge on any atom is 0.191 e. The summed E-state index contributed by atoms with van der Waals surface area (Å²) in [5.41, 5.74) is 0. The highest BCUT2D eigenvalue weighted by Gasteiger charge is 1.94. The van der Waals surface area contributed by atoms with Gasteiger partial charge in [-0.25, -0.2) is 0 Å². The summed E-state index contributed by atoms with van der Waals surface area (Å²) in [4.78, 5) is 4.08. The van der Waals surface area contributed by atoms with Gasteiger partial charge in [0.2, 0.25) is 0 Å². The molecule has 0 aromatic carbocycles. The van der Waals surface area contributed by atoms with Crippen molar-refractivity contribution in [1.82, 2.24) is 10.6 Å². The van der Waals surface area contributed by atoms with Crippen LogP contribution >= 0.6 is 24.0 Å². The fraction of sp³-hybridized carbons (Fsp3) is 0.750. The summed E-state index contributed by atoms with van der Waals surface area (Å²) in [7, 11) is 1.76. The minimum atomic E-state index is 0. The molecule has 0 aromatic rings. The van der Waals surface area contributed by atoms with E-state index in [0.29, 0.717) is 0 Å². The number of ether oxygens (including phenoxy) is 1. The van der Waals surface area contributed by atoms with E-state index in [0.717, 1.165) is 45.1 Å². The highest BCUT2D eigenvalue weighted by Crippen LogP contribution is 1.88. The van der Waals surface area contributed by atoms with Crippen molar-refractivity contribution in [1.29, 1.82) is 0 Å². The van der Waals surface area contributed by atoms with Crippen molar-refractivity contribution in [2.75, 3.05) is 33.4 Å². The zero-order chi connectivity index (χ0) is 12.1. The Morgan fingerprint density at radius 3 is 2.59 bits per heavy atom. The normalized spacial score (nSPS) is 10.6. The van der Waals surface area contributed by atoms with Crippen LogP contribution in [0.3, 0.4) is 0 Å². The molecule has 0 atom stereocenters. The SMILES string of the molecule is C=CCNC(=NC)NCCCOCCCC.I. The van der Waals surface area contributed by atoms with Crippen LogP contribution in [0.1, 0.15) is 26.2 Å². The minimum absolute atomic E-state index is 0. The molecule has 0 aliphatic carbocycles. The lowest BCUT2D eigenvalue weighted by atomic mass is 10.4. The predicted molar refractivity (Wildman–Crippen MR) is 85.3 cm³/mol. The fourth-order valence-electron chi connectivity index (χ4n) is 1.12. The Bertz CT molecular complexity index is 198. The average molecular weight is 355 g/mol. The molecule has 0 heterocycles. The number of halogens is 1. The van der Waals surface area contributed by atoms with Crippen LogP contribution in [-0.2, 0) is 4.74 Å². The van der Waals surface area contributed by atoms with Crippen molar-refractivity contribution in [3.63, 3.8) is 0 Å². The van der Waals surface area contributed by atoms with Gasteiger partial charge in [0.05, 0.1) is 0 Å². The maximum atomic E-state index is 5.45. The first-order valence-corrected chi connectivity index (χ1v) is 5.98. The van der Waals surface area contributed by atoms with Gasteiger partial charge < -0.3 is 15.4 Å². The molecule has 2 N–H and O–H groups in total. The van der Waals surface area contributed by atoms with E-state index in [9.17, 15) is 0 Å². The van der Waals surface area contributed by atoms with Gasteiger partial charge in [-0.05, 0) is 12.8 Å². The number of guanidine groups is 1. The van der Waals surface area contributed by atoms with Gasteiger partial charge in [0.15, 0.2) is 5.96 Å². The molecular weight excluding hydrogens is 329 g/mol. The van der Waals surface area contributed by atoms with Gasteiger partial charge >= 0.3 is 0 Å². The Hall–Kier alpha value is -0.300. The van der Waals surface area contributed by atoms with Crippen LogP contribution in [0.25, 0.3) is 0 Å². The number of nitrogens with zero attached hydrogens (tertiary/aromatic N) is 1. The molecule has 0 aromatic heterocycles. The molecule has 0 unspecified atom stereocenters. The highest BCUT2D eigenvalue weighted by atomic mass is 127. The van der Waals surface area contributed by atoms with Crippen LogP contribution in [0.2, 0.25) is 0 Å². The van der Waals surface area contributed by atoms with E-state index in [2.05, 4.69) is 29.1 Å². The van der Waals surface area contributed by atoms with Gasteiger partial charge in [-0.3, -0.25) is 4.99 Å². The van der Waals surface area contributed by atoms with Crippen LogP contribution in [0, 0.1) is 0 Å². The third-order valence-electron chi connectivity index (χ3n) is 2.04. The monoisotopic (exact) mass is 355 g/mol. The second kappa shape index (κ2) is 15.7. The van der Waals surface area contributed by atoms with Crippen molar-refractivity contribution >= 4 is 29.9 Å². The first-order valence-electron chi connectivity index (χ1n) is 5.98. The number of hydrogen-bond acceptors (Lipinski definition) is 2. The Kier molecular flexibility index (Phi) is 17.6. The van der Waals surface area contributed by atoms with Gasteiger partial charge in [-0.2, -0.15) is 0 Å². The standard InChI is InChI=1S/C12H25N3O.HI/c1-4-6-10-16-11-7-9-15-12(13-3)14-8-5-2;/h5H,2,4,6-11H2,1,3H3,(H2,13,14,15);1H. The molecule has 0 rings (SSSR count). The first kappa shape index (κ1) is 19.0. The van der Waals surface area contributed by atoms with Gasteiger partial charge in [-0.15, -0.1) is 30.6 Å². The maximum absolute atomic E-state index is 5.45. The van der Waals surface area contributed by atoms with Crippen molar-refractivity contribution in [2.24, 2.45) is 4.99 Å². The third-order valence-corrected chi connectivity index (χ3v) is 2.04. The quantitative estimate of drug-likeness (QED) is 0.219. The van der Waals surface area contributed by atoms with E-state index in [4.69, 9.17) is 4.74 Å². The van der Waals surface area contributed by atoms with Crippen LogP contribution in [0.4, 0.5) is 0 Å². The van der Waals surface area contributed by atoms with Gasteiger partial charge in [-0.1, -0.05) is 19.4 Å². The summed E-state index contributed by atoms with van der Waals surface area (Å²) >= 11 is 0. The predicted octanol–water partition coefficient (Wildman–Crippen LogP) is 2.16. The molecule has 4 nitrogen and oxygen atoms in total. The summed E-state index contributed by atoms with van der Waals surface area (Å²) in [6.07, 6.45) is 5.14. The second-order valence-electron chi connectivity index (χ2n) is 3.49. The van der Waals surface area contributed by atoms with Crippen molar-refractivity contribution in [2.45, 2.75) is 26.2 Å². The van der Waals surface area contributed by atoms with Gasteiger partial charge in [0, 0.05) is 33.4 Å². The number of hydrogen-bond donors (Lipinski definition) is 2. The van der Waals surface area contributed by atoms with Crippen LogP contribution in [0.15, 0.2) is 17.6 Å². The molecule has 0 radical (unpaired) electrons. The van der Waals surface area contributed by atoms with Crippen molar-refractivity contribution in [3.05, 3.63) is 12.7 Å². The number of rotatable bonds is 9. The Balaban J connectivity index is 0. The van der Waals surface area contributed by atoms with Crippen molar-refractivity contribution in [3.8, 4) is 0 Å². The van der Waals surface area contributed by atoms with E-state index in [1.54, 1.807) is 13.1 Å². The van der Waals surface area contributed by atoms with E-state index in [1.165, 1.54) is 6.42 Å². The molecule has 0 saturated carbocycles. The van der Waals surface area contributed by atoms with E-state index < -0.39 is 0 Å². The topological polar surface area (TPSA) is 45.7 Å². The molecule has 0 spiro atoms.